The van der Waals surface area contributed by atoms with Crippen LogP contribution in [0, 0.1) is 6.92 Å². The molecule has 4 nitrogen and oxygen atoms in total. The Morgan fingerprint density at radius 1 is 0.889 bits per heavy atom. The SMILES string of the molecule is Cc1ccc(S(=O)(=O)N[C@](N)(c2ccccc2)[C@H](Cl)c2ccccc2)cc1. The molecule has 0 aliphatic heterocycles. The summed E-state index contributed by atoms with van der Waals surface area (Å²) in [4.78, 5) is 0.135. The van der Waals surface area contributed by atoms with Crippen molar-refractivity contribution in [2.24, 2.45) is 5.73 Å². The smallest absolute Gasteiger partial charge is 0.242 e. The van der Waals surface area contributed by atoms with Gasteiger partial charge in [0.2, 0.25) is 10.0 Å². The molecule has 3 aromatic carbocycles. The number of aryl methyl sites for hydroxylation is 1. The molecule has 140 valence electrons. The summed E-state index contributed by atoms with van der Waals surface area (Å²) in [5.41, 5.74) is 7.35. The average Bonchev–Trinajstić information content (AvgIpc) is 2.68. The Kier molecular flexibility index (Phi) is 5.67. The number of alkyl halides is 1. The third kappa shape index (κ3) is 4.22. The van der Waals surface area contributed by atoms with E-state index in [4.69, 9.17) is 17.3 Å². The van der Waals surface area contributed by atoms with Gasteiger partial charge >= 0.3 is 0 Å². The quantitative estimate of drug-likeness (QED) is 0.484. The van der Waals surface area contributed by atoms with Crippen molar-refractivity contribution in [3.63, 3.8) is 0 Å². The van der Waals surface area contributed by atoms with Crippen LogP contribution in [0.5, 0.6) is 0 Å². The van der Waals surface area contributed by atoms with Gasteiger partial charge < -0.3 is 5.73 Å². The Labute approximate surface area is 165 Å². The second-order valence-corrected chi connectivity index (χ2v) is 8.55. The van der Waals surface area contributed by atoms with E-state index in [1.54, 1.807) is 48.5 Å². The van der Waals surface area contributed by atoms with E-state index in [1.807, 2.05) is 43.3 Å². The van der Waals surface area contributed by atoms with Crippen LogP contribution in [0.4, 0.5) is 0 Å². The normalized spacial score (nSPS) is 15.1. The van der Waals surface area contributed by atoms with Gasteiger partial charge in [-0.15, -0.1) is 11.6 Å². The minimum absolute atomic E-state index is 0.135. The standard InChI is InChI=1S/C21H21ClN2O2S/c1-16-12-14-19(15-13-16)27(25,26)24-21(23,18-10-6-3-7-11-18)20(22)17-8-4-2-5-9-17/h2-15,20,24H,23H2,1H3/t20-,21-/m1/s1. The first kappa shape index (κ1) is 19.6. The van der Waals surface area contributed by atoms with E-state index in [-0.39, 0.29) is 4.90 Å². The number of halogens is 1. The first-order valence-corrected chi connectivity index (χ1v) is 10.4. The maximum absolute atomic E-state index is 13.0. The highest BCUT2D eigenvalue weighted by atomic mass is 35.5. The number of nitrogens with one attached hydrogen (secondary N) is 1. The van der Waals surface area contributed by atoms with E-state index >= 15 is 0 Å². The maximum atomic E-state index is 13.0. The Hall–Kier alpha value is -2.18. The molecule has 0 saturated carbocycles. The van der Waals surface area contributed by atoms with E-state index < -0.39 is 21.1 Å². The minimum atomic E-state index is -3.90. The first-order chi connectivity index (χ1) is 12.8. The van der Waals surface area contributed by atoms with Crippen LogP contribution in [-0.4, -0.2) is 8.42 Å². The number of sulfonamides is 1. The molecule has 0 bridgehead atoms. The summed E-state index contributed by atoms with van der Waals surface area (Å²) in [6, 6.07) is 24.7. The molecular formula is C21H21ClN2O2S. The van der Waals surface area contributed by atoms with Crippen molar-refractivity contribution >= 4 is 21.6 Å². The van der Waals surface area contributed by atoms with E-state index in [9.17, 15) is 8.42 Å². The fourth-order valence-corrected chi connectivity index (χ4v) is 4.54. The van der Waals surface area contributed by atoms with Gasteiger partial charge in [0.05, 0.1) is 10.3 Å². The molecular weight excluding hydrogens is 380 g/mol. The van der Waals surface area contributed by atoms with Crippen LogP contribution in [0.25, 0.3) is 0 Å². The lowest BCUT2D eigenvalue weighted by molar-refractivity contribution is 0.392. The van der Waals surface area contributed by atoms with Crippen LogP contribution < -0.4 is 10.5 Å². The van der Waals surface area contributed by atoms with Gasteiger partial charge in [0.25, 0.3) is 0 Å². The van der Waals surface area contributed by atoms with Crippen molar-refractivity contribution in [3.8, 4) is 0 Å². The van der Waals surface area contributed by atoms with E-state index in [1.165, 1.54) is 0 Å². The van der Waals surface area contributed by atoms with Gasteiger partial charge in [-0.3, -0.25) is 0 Å². The van der Waals surface area contributed by atoms with Crippen molar-refractivity contribution in [2.45, 2.75) is 22.9 Å². The predicted molar refractivity (Wildman–Crippen MR) is 109 cm³/mol. The molecule has 3 N–H and O–H groups in total. The molecule has 6 heteroatoms. The molecule has 2 atom stereocenters. The summed E-state index contributed by atoms with van der Waals surface area (Å²) in [5.74, 6) is 0. The summed E-state index contributed by atoms with van der Waals surface area (Å²) in [6.07, 6.45) is 0. The Morgan fingerprint density at radius 2 is 1.41 bits per heavy atom. The summed E-state index contributed by atoms with van der Waals surface area (Å²) in [7, 11) is -3.90. The van der Waals surface area contributed by atoms with Crippen molar-refractivity contribution in [1.29, 1.82) is 0 Å². The van der Waals surface area contributed by atoms with Crippen LogP contribution in [0.1, 0.15) is 22.1 Å². The van der Waals surface area contributed by atoms with Gasteiger partial charge in [-0.1, -0.05) is 78.4 Å². The molecule has 0 saturated heterocycles. The maximum Gasteiger partial charge on any atom is 0.242 e. The van der Waals surface area contributed by atoms with Gasteiger partial charge in [0, 0.05) is 0 Å². The van der Waals surface area contributed by atoms with Crippen molar-refractivity contribution in [3.05, 3.63) is 102 Å². The second kappa shape index (κ2) is 7.82. The van der Waals surface area contributed by atoms with Gasteiger partial charge in [-0.05, 0) is 30.2 Å². The van der Waals surface area contributed by atoms with Crippen LogP contribution in [0.15, 0.2) is 89.8 Å². The van der Waals surface area contributed by atoms with E-state index in [0.29, 0.717) is 5.56 Å². The molecule has 3 rings (SSSR count). The number of hydrogen-bond donors (Lipinski definition) is 2. The molecule has 3 aromatic rings. The van der Waals surface area contributed by atoms with Crippen molar-refractivity contribution < 1.29 is 8.42 Å². The summed E-state index contributed by atoms with van der Waals surface area (Å²) >= 11 is 6.71. The number of rotatable bonds is 6. The fourth-order valence-electron chi connectivity index (χ4n) is 2.85. The minimum Gasteiger partial charge on any atom is -0.307 e. The van der Waals surface area contributed by atoms with Gasteiger partial charge in [-0.2, -0.15) is 4.72 Å². The Morgan fingerprint density at radius 3 is 1.96 bits per heavy atom. The topological polar surface area (TPSA) is 72.2 Å². The highest BCUT2D eigenvalue weighted by Crippen LogP contribution is 2.37. The average molecular weight is 401 g/mol. The van der Waals surface area contributed by atoms with Crippen LogP contribution in [0.3, 0.4) is 0 Å². The predicted octanol–water partition coefficient (Wildman–Crippen LogP) is 4.07. The van der Waals surface area contributed by atoms with Gasteiger partial charge in [0.15, 0.2) is 0 Å². The van der Waals surface area contributed by atoms with E-state index in [2.05, 4.69) is 4.72 Å². The number of nitrogens with two attached hydrogens (primary N) is 1. The highest BCUT2D eigenvalue weighted by Gasteiger charge is 2.40. The van der Waals surface area contributed by atoms with E-state index in [0.717, 1.165) is 11.1 Å². The molecule has 0 amide bonds. The molecule has 0 aliphatic carbocycles. The largest absolute Gasteiger partial charge is 0.307 e. The van der Waals surface area contributed by atoms with Gasteiger partial charge in [0.1, 0.15) is 5.66 Å². The lowest BCUT2D eigenvalue weighted by atomic mass is 9.93. The van der Waals surface area contributed by atoms with Crippen LogP contribution in [-0.2, 0) is 15.7 Å². The zero-order chi connectivity index (χ0) is 19.5. The molecule has 0 unspecified atom stereocenters. The zero-order valence-electron chi connectivity index (χ0n) is 14.8. The third-order valence-corrected chi connectivity index (χ3v) is 6.47. The van der Waals surface area contributed by atoms with Crippen LogP contribution >= 0.6 is 11.6 Å². The number of hydrogen-bond acceptors (Lipinski definition) is 3. The summed E-state index contributed by atoms with van der Waals surface area (Å²) in [6.45, 7) is 1.89. The summed E-state index contributed by atoms with van der Waals surface area (Å²) < 4.78 is 28.7. The second-order valence-electron chi connectivity index (χ2n) is 6.43. The lowest BCUT2D eigenvalue weighted by Crippen LogP contribution is -2.55. The molecule has 0 spiro atoms. The van der Waals surface area contributed by atoms with Crippen LogP contribution in [0.2, 0.25) is 0 Å². The Balaban J connectivity index is 2.06. The van der Waals surface area contributed by atoms with Crippen molar-refractivity contribution in [2.75, 3.05) is 0 Å². The fraction of sp³-hybridized carbons (Fsp3) is 0.143. The molecule has 27 heavy (non-hydrogen) atoms. The van der Waals surface area contributed by atoms with Gasteiger partial charge in [-0.25, -0.2) is 8.42 Å². The third-order valence-electron chi connectivity index (χ3n) is 4.38. The monoisotopic (exact) mass is 400 g/mol. The molecule has 0 radical (unpaired) electrons. The molecule has 0 aromatic heterocycles. The summed E-state index contributed by atoms with van der Waals surface area (Å²) in [5, 5.41) is -0.818. The Bertz CT molecular complexity index is 993. The van der Waals surface area contributed by atoms with Crippen molar-refractivity contribution in [1.82, 2.24) is 4.72 Å². The molecule has 0 aliphatic rings. The first-order valence-electron chi connectivity index (χ1n) is 8.47. The molecule has 0 fully saturated rings. The highest BCUT2D eigenvalue weighted by molar-refractivity contribution is 7.89. The lowest BCUT2D eigenvalue weighted by Gasteiger charge is -2.35. The molecule has 0 heterocycles. The number of benzene rings is 3. The zero-order valence-corrected chi connectivity index (χ0v) is 16.4.